The summed E-state index contributed by atoms with van der Waals surface area (Å²) in [6, 6.07) is 8.52. The van der Waals surface area contributed by atoms with Crippen LogP contribution in [0, 0.1) is 24.2 Å². The molecule has 4 aliphatic carbocycles. The van der Waals surface area contributed by atoms with Crippen LogP contribution in [0.15, 0.2) is 29.2 Å². The topological polar surface area (TPSA) is 58.2 Å². The summed E-state index contributed by atoms with van der Waals surface area (Å²) < 4.78 is 0. The molecule has 2 unspecified atom stereocenters. The number of carbonyl (C=O) groups is 2. The normalized spacial score (nSPS) is 33.7. The van der Waals surface area contributed by atoms with Crippen molar-refractivity contribution in [1.82, 2.24) is 10.6 Å². The average Bonchev–Trinajstić information content (AvgIpc) is 2.57. The minimum atomic E-state index is -0.263. The maximum absolute atomic E-state index is 13.1. The molecule has 0 saturated heterocycles. The number of rotatable bonds is 6. The Kier molecular flexibility index (Phi) is 5.00. The summed E-state index contributed by atoms with van der Waals surface area (Å²) in [4.78, 5) is 26.1. The molecule has 4 fully saturated rings. The third-order valence-corrected chi connectivity index (χ3v) is 7.68. The van der Waals surface area contributed by atoms with E-state index in [0.717, 1.165) is 37.9 Å². The van der Waals surface area contributed by atoms with Gasteiger partial charge in [-0.1, -0.05) is 17.7 Å². The Hall–Kier alpha value is -1.49. The highest BCUT2D eigenvalue weighted by molar-refractivity contribution is 7.99. The highest BCUT2D eigenvalue weighted by atomic mass is 32.2. The summed E-state index contributed by atoms with van der Waals surface area (Å²) in [6.45, 7) is 4.39. The van der Waals surface area contributed by atoms with Gasteiger partial charge in [-0.15, -0.1) is 11.8 Å². The van der Waals surface area contributed by atoms with Crippen LogP contribution in [0.5, 0.6) is 0 Å². The second-order valence-corrected chi connectivity index (χ2v) is 10.3. The Morgan fingerprint density at radius 1 is 1.11 bits per heavy atom. The van der Waals surface area contributed by atoms with Gasteiger partial charge < -0.3 is 10.6 Å². The molecule has 0 aromatic heterocycles. The van der Waals surface area contributed by atoms with E-state index in [9.17, 15) is 9.59 Å². The smallest absolute Gasteiger partial charge is 0.226 e. The molecule has 4 aliphatic rings. The van der Waals surface area contributed by atoms with E-state index in [1.54, 1.807) is 18.7 Å². The van der Waals surface area contributed by atoms with E-state index in [1.165, 1.54) is 16.9 Å². The first-order valence-corrected chi connectivity index (χ1v) is 11.1. The van der Waals surface area contributed by atoms with Crippen molar-refractivity contribution in [2.75, 3.05) is 12.3 Å². The second kappa shape index (κ2) is 7.16. The first-order valence-electron chi connectivity index (χ1n) is 10.1. The molecule has 4 bridgehead atoms. The van der Waals surface area contributed by atoms with Gasteiger partial charge in [0.2, 0.25) is 11.8 Å². The van der Waals surface area contributed by atoms with Gasteiger partial charge in [-0.2, -0.15) is 0 Å². The van der Waals surface area contributed by atoms with Crippen molar-refractivity contribution in [2.45, 2.75) is 62.8 Å². The van der Waals surface area contributed by atoms with Crippen molar-refractivity contribution < 1.29 is 9.59 Å². The lowest BCUT2D eigenvalue weighted by Gasteiger charge is -2.61. The third kappa shape index (κ3) is 3.89. The molecule has 5 rings (SSSR count). The molecule has 0 aliphatic heterocycles. The molecule has 0 radical (unpaired) electrons. The molecule has 146 valence electrons. The van der Waals surface area contributed by atoms with Gasteiger partial charge in [0.05, 0.1) is 5.41 Å². The van der Waals surface area contributed by atoms with Crippen molar-refractivity contribution in [3.05, 3.63) is 29.8 Å². The van der Waals surface area contributed by atoms with E-state index >= 15 is 0 Å². The predicted molar refractivity (Wildman–Crippen MR) is 109 cm³/mol. The molecule has 4 nitrogen and oxygen atoms in total. The fourth-order valence-corrected chi connectivity index (χ4v) is 6.97. The highest BCUT2D eigenvalue weighted by Gasteiger charge is 2.60. The fraction of sp³-hybridized carbons (Fsp3) is 0.636. The Morgan fingerprint density at radius 3 is 2.41 bits per heavy atom. The van der Waals surface area contributed by atoms with Crippen LogP contribution in [0.1, 0.15) is 51.0 Å². The zero-order valence-electron chi connectivity index (χ0n) is 16.3. The van der Waals surface area contributed by atoms with Crippen LogP contribution in [0.25, 0.3) is 0 Å². The van der Waals surface area contributed by atoms with Gasteiger partial charge >= 0.3 is 0 Å². The standard InChI is InChI=1S/C22H30N2O2S/c1-15-3-5-19(6-4-15)27-8-7-23-20(26)21-10-17-9-18(11-21)13-22(12-17,14-21)24-16(2)25/h3-6,17-18H,7-14H2,1-2H3,(H,23,26)(H,24,25)/t17-,18+,21?,22?. The van der Waals surface area contributed by atoms with Crippen LogP contribution < -0.4 is 10.6 Å². The summed E-state index contributed by atoms with van der Waals surface area (Å²) in [5, 5.41) is 6.46. The van der Waals surface area contributed by atoms with Gasteiger partial charge in [0.1, 0.15) is 0 Å². The minimum absolute atomic E-state index is 0.0435. The number of hydrogen-bond acceptors (Lipinski definition) is 3. The van der Waals surface area contributed by atoms with Crippen molar-refractivity contribution in [2.24, 2.45) is 17.3 Å². The minimum Gasteiger partial charge on any atom is -0.355 e. The Labute approximate surface area is 166 Å². The number of thioether (sulfide) groups is 1. The van der Waals surface area contributed by atoms with Gasteiger partial charge in [0.25, 0.3) is 0 Å². The third-order valence-electron chi connectivity index (χ3n) is 6.66. The predicted octanol–water partition coefficient (Wildman–Crippen LogP) is 3.68. The molecule has 0 spiro atoms. The SMILES string of the molecule is CC(=O)NC12C[C@H]3C[C@@H](C1)CC(C(=O)NCCSc1ccc(C)cc1)(C3)C2. The largest absolute Gasteiger partial charge is 0.355 e. The molecule has 2 N–H and O–H groups in total. The molecule has 0 heterocycles. The molecule has 27 heavy (non-hydrogen) atoms. The molecular formula is C22H30N2O2S. The first-order chi connectivity index (χ1) is 12.9. The Balaban J connectivity index is 1.35. The lowest BCUT2D eigenvalue weighted by Crippen LogP contribution is -2.65. The van der Waals surface area contributed by atoms with Crippen molar-refractivity contribution in [3.8, 4) is 0 Å². The van der Waals surface area contributed by atoms with Crippen LogP contribution in [0.4, 0.5) is 0 Å². The summed E-state index contributed by atoms with van der Waals surface area (Å²) in [5.41, 5.74) is 0.868. The summed E-state index contributed by atoms with van der Waals surface area (Å²) in [5.74, 6) is 2.32. The van der Waals surface area contributed by atoms with E-state index in [4.69, 9.17) is 0 Å². The van der Waals surface area contributed by atoms with Crippen LogP contribution in [-0.4, -0.2) is 29.7 Å². The van der Waals surface area contributed by atoms with E-state index in [1.807, 2.05) is 0 Å². The number of hydrogen-bond donors (Lipinski definition) is 2. The summed E-state index contributed by atoms with van der Waals surface area (Å²) in [7, 11) is 0. The number of benzene rings is 1. The zero-order chi connectivity index (χ0) is 19.1. The number of aryl methyl sites for hydroxylation is 1. The monoisotopic (exact) mass is 386 g/mol. The Bertz CT molecular complexity index is 716. The molecule has 2 amide bonds. The first kappa shape index (κ1) is 18.9. The Morgan fingerprint density at radius 2 is 1.78 bits per heavy atom. The lowest BCUT2D eigenvalue weighted by atomic mass is 9.46. The fourth-order valence-electron chi connectivity index (χ4n) is 6.20. The van der Waals surface area contributed by atoms with Gasteiger partial charge in [-0.3, -0.25) is 9.59 Å². The number of nitrogens with one attached hydrogen (secondary N) is 2. The molecule has 1 aromatic carbocycles. The van der Waals surface area contributed by atoms with E-state index < -0.39 is 0 Å². The highest BCUT2D eigenvalue weighted by Crippen LogP contribution is 2.61. The molecule has 4 saturated carbocycles. The zero-order valence-corrected chi connectivity index (χ0v) is 17.2. The quantitative estimate of drug-likeness (QED) is 0.579. The van der Waals surface area contributed by atoms with Gasteiger partial charge in [-0.05, 0) is 69.4 Å². The van der Waals surface area contributed by atoms with Crippen molar-refractivity contribution in [3.63, 3.8) is 0 Å². The molecule has 4 atom stereocenters. The summed E-state index contributed by atoms with van der Waals surface area (Å²) in [6.07, 6.45) is 6.18. The van der Waals surface area contributed by atoms with Crippen LogP contribution in [0.2, 0.25) is 0 Å². The van der Waals surface area contributed by atoms with Gasteiger partial charge in [0, 0.05) is 29.7 Å². The van der Waals surface area contributed by atoms with Crippen LogP contribution in [0.3, 0.4) is 0 Å². The second-order valence-electron chi connectivity index (χ2n) is 9.12. The van der Waals surface area contributed by atoms with Gasteiger partial charge in [0.15, 0.2) is 0 Å². The average molecular weight is 387 g/mol. The number of carbonyl (C=O) groups excluding carboxylic acids is 2. The van der Waals surface area contributed by atoms with Crippen molar-refractivity contribution >= 4 is 23.6 Å². The van der Waals surface area contributed by atoms with Crippen LogP contribution >= 0.6 is 11.8 Å². The maximum atomic E-state index is 13.1. The van der Waals surface area contributed by atoms with Crippen LogP contribution in [-0.2, 0) is 9.59 Å². The molecule has 1 aromatic rings. The molecular weight excluding hydrogens is 356 g/mol. The van der Waals surface area contributed by atoms with E-state index in [0.29, 0.717) is 18.4 Å². The van der Waals surface area contributed by atoms with E-state index in [2.05, 4.69) is 41.8 Å². The maximum Gasteiger partial charge on any atom is 0.226 e. The molecule has 5 heteroatoms. The number of amides is 2. The van der Waals surface area contributed by atoms with E-state index in [-0.39, 0.29) is 22.8 Å². The summed E-state index contributed by atoms with van der Waals surface area (Å²) >= 11 is 1.78. The van der Waals surface area contributed by atoms with Gasteiger partial charge in [-0.25, -0.2) is 0 Å². The lowest BCUT2D eigenvalue weighted by molar-refractivity contribution is -0.152. The van der Waals surface area contributed by atoms with Crippen molar-refractivity contribution in [1.29, 1.82) is 0 Å².